The number of aromatic amines is 1. The van der Waals surface area contributed by atoms with Gasteiger partial charge in [-0.25, -0.2) is 4.98 Å². The van der Waals surface area contributed by atoms with Crippen molar-refractivity contribution in [2.75, 3.05) is 6.61 Å². The maximum atomic E-state index is 5.97. The Morgan fingerprint density at radius 3 is 2.87 bits per heavy atom. The van der Waals surface area contributed by atoms with Crippen LogP contribution in [0.5, 0.6) is 5.75 Å². The number of hydrogen-bond donors (Lipinski definition) is 1. The van der Waals surface area contributed by atoms with Crippen LogP contribution in [0.1, 0.15) is 48.9 Å². The summed E-state index contributed by atoms with van der Waals surface area (Å²) in [6, 6.07) is 10.4. The number of nitrogens with zero attached hydrogens (tertiary/aromatic N) is 5. The van der Waals surface area contributed by atoms with E-state index in [9.17, 15) is 0 Å². The van der Waals surface area contributed by atoms with Crippen LogP contribution in [0.15, 0.2) is 49.1 Å². The molecule has 0 radical (unpaired) electrons. The number of pyridine rings is 1. The highest BCUT2D eigenvalue weighted by atomic mass is 16.5. The zero-order valence-corrected chi connectivity index (χ0v) is 18.0. The second-order valence-corrected chi connectivity index (χ2v) is 8.39. The van der Waals surface area contributed by atoms with Gasteiger partial charge in [-0.2, -0.15) is 15.4 Å². The van der Waals surface area contributed by atoms with Crippen molar-refractivity contribution in [2.45, 2.75) is 45.6 Å². The lowest BCUT2D eigenvalue weighted by Gasteiger charge is -2.29. The third-order valence-electron chi connectivity index (χ3n) is 5.94. The van der Waals surface area contributed by atoms with Gasteiger partial charge in [0.25, 0.3) is 0 Å². The predicted molar refractivity (Wildman–Crippen MR) is 119 cm³/mol. The molecule has 0 saturated carbocycles. The third kappa shape index (κ3) is 3.71. The van der Waals surface area contributed by atoms with Crippen LogP contribution in [-0.4, -0.2) is 36.6 Å². The van der Waals surface area contributed by atoms with Gasteiger partial charge in [0.15, 0.2) is 0 Å². The average molecular weight is 415 g/mol. The molecule has 1 N–H and O–H groups in total. The Bertz CT molecular complexity index is 1210. The summed E-state index contributed by atoms with van der Waals surface area (Å²) in [7, 11) is 0. The molecule has 0 saturated heterocycles. The average Bonchev–Trinajstić information content (AvgIpc) is 3.42. The van der Waals surface area contributed by atoms with Crippen LogP contribution < -0.4 is 4.74 Å². The van der Waals surface area contributed by atoms with Crippen molar-refractivity contribution < 1.29 is 4.74 Å². The van der Waals surface area contributed by atoms with E-state index >= 15 is 0 Å². The van der Waals surface area contributed by atoms with Crippen molar-refractivity contribution in [3.63, 3.8) is 0 Å². The van der Waals surface area contributed by atoms with Gasteiger partial charge in [0.2, 0.25) is 0 Å². The number of aryl methyl sites for hydroxylation is 1. The molecular formula is C24H26N6O. The summed E-state index contributed by atoms with van der Waals surface area (Å²) < 4.78 is 8.14. The van der Waals surface area contributed by atoms with E-state index in [1.807, 2.05) is 25.4 Å². The van der Waals surface area contributed by atoms with Crippen molar-refractivity contribution in [3.8, 4) is 28.4 Å². The van der Waals surface area contributed by atoms with Gasteiger partial charge in [-0.15, -0.1) is 0 Å². The third-order valence-corrected chi connectivity index (χ3v) is 5.94. The summed E-state index contributed by atoms with van der Waals surface area (Å²) in [6.07, 6.45) is 6.78. The summed E-state index contributed by atoms with van der Waals surface area (Å²) in [6.45, 7) is 8.04. The molecule has 5 rings (SSSR count). The molecule has 3 aromatic heterocycles. The maximum absolute atomic E-state index is 5.97. The Balaban J connectivity index is 1.42. The second-order valence-electron chi connectivity index (χ2n) is 8.39. The van der Waals surface area contributed by atoms with Crippen molar-refractivity contribution in [2.24, 2.45) is 0 Å². The molecule has 1 aliphatic rings. The monoisotopic (exact) mass is 414 g/mol. The van der Waals surface area contributed by atoms with E-state index in [1.54, 1.807) is 6.20 Å². The van der Waals surface area contributed by atoms with Gasteiger partial charge in [-0.1, -0.05) is 26.0 Å². The fourth-order valence-electron chi connectivity index (χ4n) is 4.39. The zero-order chi connectivity index (χ0) is 21.4. The second kappa shape index (κ2) is 7.98. The molecule has 31 heavy (non-hydrogen) atoms. The van der Waals surface area contributed by atoms with Gasteiger partial charge in [-0.3, -0.25) is 4.98 Å². The molecule has 0 bridgehead atoms. The first-order valence-corrected chi connectivity index (χ1v) is 10.7. The lowest BCUT2D eigenvalue weighted by Crippen LogP contribution is -2.20. The molecule has 7 heteroatoms. The molecule has 1 atom stereocenters. The van der Waals surface area contributed by atoms with Crippen LogP contribution in [0, 0.1) is 6.92 Å². The molecular weight excluding hydrogens is 388 g/mol. The largest absolute Gasteiger partial charge is 0.493 e. The number of H-pyrrole nitrogens is 1. The summed E-state index contributed by atoms with van der Waals surface area (Å²) in [5.41, 5.74) is 7.08. The van der Waals surface area contributed by atoms with Gasteiger partial charge >= 0.3 is 0 Å². The molecule has 158 valence electrons. The predicted octanol–water partition coefficient (Wildman–Crippen LogP) is 4.73. The molecule has 0 amide bonds. The number of aromatic nitrogens is 6. The Hall–Kier alpha value is -3.48. The standard InChI is InChI=1S/C24H26N6O/c1-15(2)19-5-4-6-22-23(19)18(8-10-31-22)12-30-13-21(26-14-30)20-11-17(7-9-25-20)24-16(3)27-29-28-24/h4-7,9,11,13-15,18H,8,10,12H2,1-3H3,(H,27,28,29)/t18-/m1/s1. The number of nitrogens with one attached hydrogen (secondary N) is 1. The van der Waals surface area contributed by atoms with Crippen LogP contribution >= 0.6 is 0 Å². The molecule has 0 aliphatic carbocycles. The Morgan fingerprint density at radius 2 is 2.06 bits per heavy atom. The highest BCUT2D eigenvalue weighted by molar-refractivity contribution is 5.67. The molecule has 4 heterocycles. The smallest absolute Gasteiger partial charge is 0.123 e. The highest BCUT2D eigenvalue weighted by Crippen LogP contribution is 2.40. The Labute approximate surface area is 181 Å². The first-order chi connectivity index (χ1) is 15.1. The molecule has 7 nitrogen and oxygen atoms in total. The molecule has 0 fully saturated rings. The van der Waals surface area contributed by atoms with Gasteiger partial charge in [-0.05, 0) is 43.0 Å². The molecule has 4 aromatic rings. The molecule has 1 aliphatic heterocycles. The molecule has 0 spiro atoms. The van der Waals surface area contributed by atoms with E-state index in [0.29, 0.717) is 11.8 Å². The van der Waals surface area contributed by atoms with Gasteiger partial charge < -0.3 is 9.30 Å². The minimum Gasteiger partial charge on any atom is -0.493 e. The number of ether oxygens (including phenoxy) is 1. The quantitative estimate of drug-likeness (QED) is 0.511. The summed E-state index contributed by atoms with van der Waals surface area (Å²) in [5.74, 6) is 1.89. The molecule has 0 unspecified atom stereocenters. The number of fused-ring (bicyclic) bond motifs is 1. The van der Waals surface area contributed by atoms with E-state index in [1.165, 1.54) is 11.1 Å². The highest BCUT2D eigenvalue weighted by Gasteiger charge is 2.26. The van der Waals surface area contributed by atoms with E-state index in [2.05, 4.69) is 68.2 Å². The lowest BCUT2D eigenvalue weighted by atomic mass is 9.85. The van der Waals surface area contributed by atoms with Gasteiger partial charge in [0.1, 0.15) is 17.1 Å². The lowest BCUT2D eigenvalue weighted by molar-refractivity contribution is 0.257. The van der Waals surface area contributed by atoms with E-state index < -0.39 is 0 Å². The van der Waals surface area contributed by atoms with Crippen LogP contribution in [-0.2, 0) is 6.54 Å². The van der Waals surface area contributed by atoms with Crippen molar-refractivity contribution in [3.05, 3.63) is 65.9 Å². The maximum Gasteiger partial charge on any atom is 0.123 e. The van der Waals surface area contributed by atoms with Crippen molar-refractivity contribution in [1.29, 1.82) is 0 Å². The van der Waals surface area contributed by atoms with E-state index in [-0.39, 0.29) is 0 Å². The minimum atomic E-state index is 0.404. The van der Waals surface area contributed by atoms with Gasteiger partial charge in [0.05, 0.1) is 24.3 Å². The normalized spacial score (nSPS) is 15.7. The van der Waals surface area contributed by atoms with Crippen LogP contribution in [0.25, 0.3) is 22.6 Å². The SMILES string of the molecule is Cc1n[nH]nc1-c1ccnc(-c2cn(C[C@H]3CCOc4cccc(C(C)C)c43)cn2)c1. The number of rotatable bonds is 5. The fraction of sp³-hybridized carbons (Fsp3) is 0.333. The minimum absolute atomic E-state index is 0.404. The van der Waals surface area contributed by atoms with Crippen LogP contribution in [0.4, 0.5) is 0 Å². The van der Waals surface area contributed by atoms with E-state index in [4.69, 9.17) is 4.74 Å². The topological polar surface area (TPSA) is 81.5 Å². The number of hydrogen-bond acceptors (Lipinski definition) is 5. The Kier molecular flexibility index (Phi) is 5.02. The summed E-state index contributed by atoms with van der Waals surface area (Å²) >= 11 is 0. The molecule has 1 aromatic carbocycles. The first-order valence-electron chi connectivity index (χ1n) is 10.7. The Morgan fingerprint density at radius 1 is 1.16 bits per heavy atom. The fourth-order valence-corrected chi connectivity index (χ4v) is 4.39. The summed E-state index contributed by atoms with van der Waals surface area (Å²) in [5, 5.41) is 11.0. The number of benzene rings is 1. The zero-order valence-electron chi connectivity index (χ0n) is 18.0. The van der Waals surface area contributed by atoms with Crippen LogP contribution in [0.3, 0.4) is 0 Å². The van der Waals surface area contributed by atoms with Crippen molar-refractivity contribution in [1.82, 2.24) is 29.9 Å². The summed E-state index contributed by atoms with van der Waals surface area (Å²) in [4.78, 5) is 9.16. The van der Waals surface area contributed by atoms with Gasteiger partial charge in [0, 0.05) is 36.0 Å². The van der Waals surface area contributed by atoms with Crippen LogP contribution in [0.2, 0.25) is 0 Å². The number of imidazole rings is 1. The van der Waals surface area contributed by atoms with Crippen molar-refractivity contribution >= 4 is 0 Å². The first kappa shape index (κ1) is 19.5. The van der Waals surface area contributed by atoms with E-state index in [0.717, 1.165) is 53.7 Å².